The number of hydrogen-bond acceptors (Lipinski definition) is 4. The zero-order valence-corrected chi connectivity index (χ0v) is 15.0. The number of carbonyl (C=O) groups excluding carboxylic acids is 1. The number of hydrogen-bond donors (Lipinski definition) is 1. The third kappa shape index (κ3) is 3.98. The molecule has 0 spiro atoms. The molecule has 1 fully saturated rings. The van der Waals surface area contributed by atoms with Crippen LogP contribution < -0.4 is 5.32 Å². The Morgan fingerprint density at radius 3 is 2.88 bits per heavy atom. The Labute approximate surface area is 149 Å². The molecule has 132 valence electrons. The van der Waals surface area contributed by atoms with E-state index in [1.54, 1.807) is 6.07 Å². The highest BCUT2D eigenvalue weighted by atomic mass is 16.2. The smallest absolute Gasteiger partial charge is 0.272 e. The number of para-hydroxylation sites is 1. The van der Waals surface area contributed by atoms with Gasteiger partial charge in [-0.3, -0.25) is 4.79 Å². The van der Waals surface area contributed by atoms with Gasteiger partial charge in [-0.15, -0.1) is 0 Å². The van der Waals surface area contributed by atoms with Crippen molar-refractivity contribution >= 4 is 17.4 Å². The first-order valence-corrected chi connectivity index (χ1v) is 9.20. The number of piperidine rings is 1. The third-order valence-corrected chi connectivity index (χ3v) is 4.91. The molecule has 0 bridgehead atoms. The maximum Gasteiger partial charge on any atom is 0.272 e. The lowest BCUT2D eigenvalue weighted by Gasteiger charge is -2.35. The third-order valence-electron chi connectivity index (χ3n) is 4.91. The van der Waals surface area contributed by atoms with E-state index in [1.807, 2.05) is 23.1 Å². The number of aromatic nitrogens is 2. The number of anilines is 2. The summed E-state index contributed by atoms with van der Waals surface area (Å²) >= 11 is 0. The minimum atomic E-state index is 0.0146. The molecule has 3 rings (SSSR count). The number of aryl methyl sites for hydroxylation is 1. The minimum absolute atomic E-state index is 0.0146. The normalized spacial score (nSPS) is 17.4. The monoisotopic (exact) mass is 338 g/mol. The molecule has 1 aromatic heterocycles. The van der Waals surface area contributed by atoms with Crippen LogP contribution in [0.3, 0.4) is 0 Å². The molecule has 2 heterocycles. The number of nitrogens with one attached hydrogen (secondary N) is 1. The van der Waals surface area contributed by atoms with Crippen LogP contribution >= 0.6 is 0 Å². The maximum atomic E-state index is 12.9. The van der Waals surface area contributed by atoms with Crippen LogP contribution in [0.4, 0.5) is 11.5 Å². The summed E-state index contributed by atoms with van der Waals surface area (Å²) in [5.74, 6) is 0.671. The largest absolute Gasteiger partial charge is 0.340 e. The van der Waals surface area contributed by atoms with E-state index in [-0.39, 0.29) is 5.91 Å². The predicted octanol–water partition coefficient (Wildman–Crippen LogP) is 4.19. The summed E-state index contributed by atoms with van der Waals surface area (Å²) in [6, 6.07) is 10.2. The van der Waals surface area contributed by atoms with E-state index in [1.165, 1.54) is 18.3 Å². The van der Waals surface area contributed by atoms with Gasteiger partial charge in [0.05, 0.1) is 0 Å². The zero-order valence-electron chi connectivity index (χ0n) is 15.0. The molecule has 1 amide bonds. The van der Waals surface area contributed by atoms with Crippen LogP contribution in [0.2, 0.25) is 0 Å². The van der Waals surface area contributed by atoms with Crippen molar-refractivity contribution in [1.29, 1.82) is 0 Å². The van der Waals surface area contributed by atoms with Crippen molar-refractivity contribution < 1.29 is 4.79 Å². The van der Waals surface area contributed by atoms with Crippen LogP contribution in [0.25, 0.3) is 0 Å². The van der Waals surface area contributed by atoms with E-state index in [0.717, 1.165) is 37.9 Å². The second-order valence-corrected chi connectivity index (χ2v) is 6.48. The molecule has 2 aromatic rings. The van der Waals surface area contributed by atoms with Gasteiger partial charge >= 0.3 is 0 Å². The van der Waals surface area contributed by atoms with Crippen molar-refractivity contribution in [2.24, 2.45) is 0 Å². The Kier molecular flexibility index (Phi) is 5.64. The van der Waals surface area contributed by atoms with Crippen molar-refractivity contribution in [3.05, 3.63) is 47.9 Å². The SMILES string of the molecule is CCc1ccccc1Nc1cc(C(=O)N2CCCCC2CC)ncn1. The van der Waals surface area contributed by atoms with E-state index in [9.17, 15) is 4.79 Å². The number of benzene rings is 1. The molecule has 0 saturated carbocycles. The quantitative estimate of drug-likeness (QED) is 0.888. The molecule has 1 saturated heterocycles. The van der Waals surface area contributed by atoms with Crippen molar-refractivity contribution in [3.63, 3.8) is 0 Å². The van der Waals surface area contributed by atoms with Crippen molar-refractivity contribution in [3.8, 4) is 0 Å². The van der Waals surface area contributed by atoms with E-state index in [4.69, 9.17) is 0 Å². The fraction of sp³-hybridized carbons (Fsp3) is 0.450. The van der Waals surface area contributed by atoms with Gasteiger partial charge < -0.3 is 10.2 Å². The van der Waals surface area contributed by atoms with Crippen LogP contribution in [-0.2, 0) is 6.42 Å². The Morgan fingerprint density at radius 2 is 2.08 bits per heavy atom. The molecule has 1 atom stereocenters. The molecule has 0 radical (unpaired) electrons. The van der Waals surface area contributed by atoms with E-state index < -0.39 is 0 Å². The van der Waals surface area contributed by atoms with Crippen molar-refractivity contribution in [2.45, 2.75) is 52.0 Å². The fourth-order valence-electron chi connectivity index (χ4n) is 3.47. The topological polar surface area (TPSA) is 58.1 Å². The van der Waals surface area contributed by atoms with Crippen LogP contribution in [0.1, 0.15) is 55.6 Å². The van der Waals surface area contributed by atoms with Crippen molar-refractivity contribution in [2.75, 3.05) is 11.9 Å². The number of amides is 1. The minimum Gasteiger partial charge on any atom is -0.340 e. The summed E-state index contributed by atoms with van der Waals surface area (Å²) in [5, 5.41) is 3.32. The Morgan fingerprint density at radius 1 is 1.24 bits per heavy atom. The summed E-state index contributed by atoms with van der Waals surface area (Å²) in [6.45, 7) is 5.09. The lowest BCUT2D eigenvalue weighted by molar-refractivity contribution is 0.0602. The Hall–Kier alpha value is -2.43. The van der Waals surface area contributed by atoms with Gasteiger partial charge in [0.2, 0.25) is 0 Å². The summed E-state index contributed by atoms with van der Waals surface area (Å²) in [5.41, 5.74) is 2.70. The summed E-state index contributed by atoms with van der Waals surface area (Å²) in [4.78, 5) is 23.4. The first-order chi connectivity index (χ1) is 12.2. The van der Waals surface area contributed by atoms with Gasteiger partial charge in [-0.05, 0) is 43.7 Å². The second kappa shape index (κ2) is 8.10. The molecular weight excluding hydrogens is 312 g/mol. The average molecular weight is 338 g/mol. The highest BCUT2D eigenvalue weighted by molar-refractivity contribution is 5.93. The number of carbonyl (C=O) groups is 1. The van der Waals surface area contributed by atoms with Crippen LogP contribution in [0.5, 0.6) is 0 Å². The Bertz CT molecular complexity index is 731. The lowest BCUT2D eigenvalue weighted by Crippen LogP contribution is -2.43. The fourth-order valence-corrected chi connectivity index (χ4v) is 3.47. The highest BCUT2D eigenvalue weighted by Crippen LogP contribution is 2.23. The molecule has 1 N–H and O–H groups in total. The first-order valence-electron chi connectivity index (χ1n) is 9.20. The van der Waals surface area contributed by atoms with Crippen molar-refractivity contribution in [1.82, 2.24) is 14.9 Å². The van der Waals surface area contributed by atoms with Crippen LogP contribution in [-0.4, -0.2) is 33.4 Å². The number of nitrogens with zero attached hydrogens (tertiary/aromatic N) is 3. The van der Waals surface area contributed by atoms with Gasteiger partial charge in [0.25, 0.3) is 5.91 Å². The maximum absolute atomic E-state index is 12.9. The highest BCUT2D eigenvalue weighted by Gasteiger charge is 2.27. The summed E-state index contributed by atoms with van der Waals surface area (Å²) in [7, 11) is 0. The Balaban J connectivity index is 1.80. The predicted molar refractivity (Wildman–Crippen MR) is 100 cm³/mol. The van der Waals surface area contributed by atoms with Gasteiger partial charge in [-0.2, -0.15) is 0 Å². The van der Waals surface area contributed by atoms with E-state index >= 15 is 0 Å². The molecule has 0 aliphatic carbocycles. The molecule has 1 unspecified atom stereocenters. The van der Waals surface area contributed by atoms with Gasteiger partial charge in [0.15, 0.2) is 0 Å². The number of likely N-dealkylation sites (tertiary alicyclic amines) is 1. The molecule has 5 heteroatoms. The molecule has 1 aliphatic heterocycles. The summed E-state index contributed by atoms with van der Waals surface area (Å²) in [6.07, 6.45) is 6.75. The first kappa shape index (κ1) is 17.4. The molecule has 5 nitrogen and oxygen atoms in total. The van der Waals surface area contributed by atoms with Gasteiger partial charge in [0.1, 0.15) is 17.8 Å². The number of rotatable bonds is 5. The molecular formula is C20H26N4O. The zero-order chi connectivity index (χ0) is 17.6. The standard InChI is InChI=1S/C20H26N4O/c1-3-15-9-5-6-11-17(15)23-19-13-18(21-14-22-19)20(25)24-12-8-7-10-16(24)4-2/h5-6,9,11,13-14,16H,3-4,7-8,10,12H2,1-2H3,(H,21,22,23). The molecule has 1 aliphatic rings. The van der Waals surface area contributed by atoms with Gasteiger partial charge in [0, 0.05) is 24.3 Å². The van der Waals surface area contributed by atoms with Crippen LogP contribution in [0, 0.1) is 0 Å². The summed E-state index contributed by atoms with van der Waals surface area (Å²) < 4.78 is 0. The van der Waals surface area contributed by atoms with E-state index in [0.29, 0.717) is 17.6 Å². The average Bonchev–Trinajstić information content (AvgIpc) is 2.68. The second-order valence-electron chi connectivity index (χ2n) is 6.48. The lowest BCUT2D eigenvalue weighted by atomic mass is 9.99. The van der Waals surface area contributed by atoms with E-state index in [2.05, 4.69) is 35.2 Å². The van der Waals surface area contributed by atoms with Gasteiger partial charge in [-0.1, -0.05) is 32.0 Å². The molecule has 1 aromatic carbocycles. The van der Waals surface area contributed by atoms with Gasteiger partial charge in [-0.25, -0.2) is 9.97 Å². The molecule has 25 heavy (non-hydrogen) atoms. The van der Waals surface area contributed by atoms with Crippen LogP contribution in [0.15, 0.2) is 36.7 Å².